The molecular weight excluding hydrogens is 346 g/mol. The molecule has 2 aliphatic rings. The minimum atomic E-state index is 0.192. The molecule has 150 valence electrons. The molecule has 0 bridgehead atoms. The summed E-state index contributed by atoms with van der Waals surface area (Å²) in [4.78, 5) is 17.7. The standard InChI is InChI=1S/C24H33N3O/c1-19(2)27-13-7-10-22(27)23(28)26-14-11-24(12-15-26)16-21(17-25(3)18-24)20-8-5-4-6-9-20/h4-10,13,19,21H,11-12,14-18H2,1-3H3. The summed E-state index contributed by atoms with van der Waals surface area (Å²) in [5.41, 5.74) is 2.63. The zero-order chi connectivity index (χ0) is 19.7. The first kappa shape index (κ1) is 19.3. The monoisotopic (exact) mass is 379 g/mol. The Morgan fingerprint density at radius 3 is 2.46 bits per heavy atom. The van der Waals surface area contributed by atoms with Gasteiger partial charge in [-0.05, 0) is 69.2 Å². The van der Waals surface area contributed by atoms with Gasteiger partial charge in [-0.25, -0.2) is 0 Å². The second-order valence-electron chi connectivity index (χ2n) is 9.20. The molecule has 2 fully saturated rings. The molecular formula is C24H33N3O. The van der Waals surface area contributed by atoms with Crippen molar-refractivity contribution in [1.82, 2.24) is 14.4 Å². The lowest BCUT2D eigenvalue weighted by Crippen LogP contribution is -2.51. The smallest absolute Gasteiger partial charge is 0.270 e. The largest absolute Gasteiger partial charge is 0.341 e. The van der Waals surface area contributed by atoms with E-state index in [1.165, 1.54) is 12.0 Å². The zero-order valence-electron chi connectivity index (χ0n) is 17.5. The zero-order valence-corrected chi connectivity index (χ0v) is 17.5. The van der Waals surface area contributed by atoms with E-state index in [1.807, 2.05) is 18.3 Å². The minimum Gasteiger partial charge on any atom is -0.341 e. The van der Waals surface area contributed by atoms with Gasteiger partial charge in [-0.1, -0.05) is 30.3 Å². The third kappa shape index (κ3) is 3.75. The highest BCUT2D eigenvalue weighted by Gasteiger charge is 2.42. The van der Waals surface area contributed by atoms with Gasteiger partial charge in [0, 0.05) is 38.4 Å². The summed E-state index contributed by atoms with van der Waals surface area (Å²) in [5.74, 6) is 0.790. The van der Waals surface area contributed by atoms with Gasteiger partial charge in [0.15, 0.2) is 0 Å². The topological polar surface area (TPSA) is 28.5 Å². The second-order valence-corrected chi connectivity index (χ2v) is 9.20. The first-order valence-corrected chi connectivity index (χ1v) is 10.7. The van der Waals surface area contributed by atoms with Crippen LogP contribution in [-0.4, -0.2) is 53.5 Å². The van der Waals surface area contributed by atoms with Gasteiger partial charge in [-0.3, -0.25) is 4.79 Å². The van der Waals surface area contributed by atoms with Crippen LogP contribution in [0.4, 0.5) is 0 Å². The Morgan fingerprint density at radius 1 is 1.07 bits per heavy atom. The number of carbonyl (C=O) groups is 1. The molecule has 0 radical (unpaired) electrons. The summed E-state index contributed by atoms with van der Waals surface area (Å²) >= 11 is 0. The highest BCUT2D eigenvalue weighted by atomic mass is 16.2. The van der Waals surface area contributed by atoms with Crippen LogP contribution < -0.4 is 0 Å². The summed E-state index contributed by atoms with van der Waals surface area (Å²) in [7, 11) is 2.25. The van der Waals surface area contributed by atoms with E-state index < -0.39 is 0 Å². The number of nitrogens with zero attached hydrogens (tertiary/aromatic N) is 3. The molecule has 2 aromatic rings. The van der Waals surface area contributed by atoms with Crippen LogP contribution in [0.25, 0.3) is 0 Å². The van der Waals surface area contributed by atoms with Crippen LogP contribution in [0.15, 0.2) is 48.7 Å². The Labute approximate surface area is 169 Å². The summed E-state index contributed by atoms with van der Waals surface area (Å²) in [5, 5.41) is 0. The third-order valence-electron chi connectivity index (χ3n) is 6.75. The number of hydrogen-bond donors (Lipinski definition) is 0. The van der Waals surface area contributed by atoms with Crippen molar-refractivity contribution in [1.29, 1.82) is 0 Å². The van der Waals surface area contributed by atoms with Crippen molar-refractivity contribution >= 4 is 5.91 Å². The number of benzene rings is 1. The Balaban J connectivity index is 1.45. The van der Waals surface area contributed by atoms with E-state index >= 15 is 0 Å². The quantitative estimate of drug-likeness (QED) is 0.790. The fourth-order valence-corrected chi connectivity index (χ4v) is 5.35. The SMILES string of the molecule is CC(C)n1cccc1C(=O)N1CCC2(CC1)CC(c1ccccc1)CN(C)C2. The van der Waals surface area contributed by atoms with Crippen LogP contribution in [0.2, 0.25) is 0 Å². The number of aromatic nitrogens is 1. The fraction of sp³-hybridized carbons (Fsp3) is 0.542. The van der Waals surface area contributed by atoms with E-state index in [4.69, 9.17) is 0 Å². The summed E-state index contributed by atoms with van der Waals surface area (Å²) in [6, 6.07) is 15.2. The van der Waals surface area contributed by atoms with Crippen molar-refractivity contribution < 1.29 is 4.79 Å². The number of likely N-dealkylation sites (N-methyl/N-ethyl adjacent to an activating group) is 1. The Bertz CT molecular complexity index is 802. The van der Waals surface area contributed by atoms with Crippen molar-refractivity contribution in [3.63, 3.8) is 0 Å². The number of rotatable bonds is 3. The molecule has 28 heavy (non-hydrogen) atoms. The lowest BCUT2D eigenvalue weighted by Gasteiger charge is -2.49. The lowest BCUT2D eigenvalue weighted by atomic mass is 9.68. The number of amides is 1. The number of likely N-dealkylation sites (tertiary alicyclic amines) is 2. The number of hydrogen-bond acceptors (Lipinski definition) is 2. The van der Waals surface area contributed by atoms with Crippen molar-refractivity contribution in [3.05, 3.63) is 59.9 Å². The Hall–Kier alpha value is -2.07. The lowest BCUT2D eigenvalue weighted by molar-refractivity contribution is 0.0219. The summed E-state index contributed by atoms with van der Waals surface area (Å²) in [6.45, 7) is 8.29. The average Bonchev–Trinajstić information content (AvgIpc) is 3.18. The van der Waals surface area contributed by atoms with Crippen LogP contribution in [0, 0.1) is 5.41 Å². The van der Waals surface area contributed by atoms with Crippen LogP contribution in [0.5, 0.6) is 0 Å². The van der Waals surface area contributed by atoms with Crippen molar-refractivity contribution in [2.24, 2.45) is 5.41 Å². The summed E-state index contributed by atoms with van der Waals surface area (Å²) < 4.78 is 2.09. The minimum absolute atomic E-state index is 0.192. The first-order chi connectivity index (χ1) is 13.5. The van der Waals surface area contributed by atoms with Crippen LogP contribution in [0.3, 0.4) is 0 Å². The van der Waals surface area contributed by atoms with Gasteiger partial charge in [0.1, 0.15) is 5.69 Å². The molecule has 2 aliphatic heterocycles. The van der Waals surface area contributed by atoms with E-state index in [1.54, 1.807) is 0 Å². The van der Waals surface area contributed by atoms with E-state index in [0.29, 0.717) is 17.4 Å². The molecule has 4 nitrogen and oxygen atoms in total. The van der Waals surface area contributed by atoms with Gasteiger partial charge in [-0.2, -0.15) is 0 Å². The van der Waals surface area contributed by atoms with Gasteiger partial charge in [0.2, 0.25) is 0 Å². The highest BCUT2D eigenvalue weighted by Crippen LogP contribution is 2.44. The van der Waals surface area contributed by atoms with E-state index in [-0.39, 0.29) is 5.91 Å². The van der Waals surface area contributed by atoms with Crippen molar-refractivity contribution in [2.75, 3.05) is 33.2 Å². The maximum Gasteiger partial charge on any atom is 0.270 e. The number of piperidine rings is 2. The van der Waals surface area contributed by atoms with Crippen LogP contribution in [-0.2, 0) is 0 Å². The van der Waals surface area contributed by atoms with Gasteiger partial charge in [0.05, 0.1) is 0 Å². The molecule has 2 saturated heterocycles. The van der Waals surface area contributed by atoms with Crippen molar-refractivity contribution in [3.8, 4) is 0 Å². The van der Waals surface area contributed by atoms with E-state index in [0.717, 1.165) is 44.7 Å². The van der Waals surface area contributed by atoms with E-state index in [9.17, 15) is 4.79 Å². The molecule has 1 aromatic heterocycles. The predicted molar refractivity (Wildman–Crippen MR) is 114 cm³/mol. The summed E-state index contributed by atoms with van der Waals surface area (Å²) in [6.07, 6.45) is 5.47. The van der Waals surface area contributed by atoms with Crippen molar-refractivity contribution in [2.45, 2.75) is 45.1 Å². The molecule has 4 rings (SSSR count). The fourth-order valence-electron chi connectivity index (χ4n) is 5.35. The van der Waals surface area contributed by atoms with Gasteiger partial charge in [0.25, 0.3) is 5.91 Å². The van der Waals surface area contributed by atoms with Crippen LogP contribution in [0.1, 0.15) is 61.1 Å². The number of carbonyl (C=O) groups excluding carboxylic acids is 1. The molecule has 1 amide bonds. The van der Waals surface area contributed by atoms with E-state index in [2.05, 4.69) is 65.6 Å². The normalized spacial score (nSPS) is 22.7. The third-order valence-corrected chi connectivity index (χ3v) is 6.75. The first-order valence-electron chi connectivity index (χ1n) is 10.7. The molecule has 1 unspecified atom stereocenters. The highest BCUT2D eigenvalue weighted by molar-refractivity contribution is 5.92. The van der Waals surface area contributed by atoms with Gasteiger partial charge in [-0.15, -0.1) is 0 Å². The predicted octanol–water partition coefficient (Wildman–Crippen LogP) is 4.41. The molecule has 3 heterocycles. The van der Waals surface area contributed by atoms with Gasteiger partial charge < -0.3 is 14.4 Å². The Morgan fingerprint density at radius 2 is 1.79 bits per heavy atom. The molecule has 1 spiro atoms. The molecule has 0 N–H and O–H groups in total. The molecule has 1 atom stereocenters. The molecule has 1 aromatic carbocycles. The van der Waals surface area contributed by atoms with Crippen LogP contribution >= 0.6 is 0 Å². The molecule has 4 heteroatoms. The molecule has 0 saturated carbocycles. The molecule has 0 aliphatic carbocycles. The maximum absolute atomic E-state index is 13.1. The average molecular weight is 380 g/mol. The second kappa shape index (κ2) is 7.75. The Kier molecular flexibility index (Phi) is 5.33. The maximum atomic E-state index is 13.1. The van der Waals surface area contributed by atoms with Gasteiger partial charge >= 0.3 is 0 Å².